The Morgan fingerprint density at radius 2 is 1.75 bits per heavy atom. The number of benzene rings is 2. The molecule has 0 radical (unpaired) electrons. The largest absolute Gasteiger partial charge is 0.475 e. The van der Waals surface area contributed by atoms with Crippen molar-refractivity contribution in [2.24, 2.45) is 0 Å². The molecule has 0 N–H and O–H groups in total. The Labute approximate surface area is 139 Å². The smallest absolute Gasteiger partial charge is 0.397 e. The van der Waals surface area contributed by atoms with Crippen LogP contribution < -0.4 is 4.74 Å². The molecule has 0 spiro atoms. The number of hydrogen-bond acceptors (Lipinski definition) is 6. The molecule has 0 unspecified atom stereocenters. The summed E-state index contributed by atoms with van der Waals surface area (Å²) in [5.41, 5.74) is -0.323. The van der Waals surface area contributed by atoms with Gasteiger partial charge in [0, 0.05) is 17.7 Å². The van der Waals surface area contributed by atoms with Crippen molar-refractivity contribution in [3.05, 3.63) is 79.9 Å². The number of ether oxygens (including phenoxy) is 1. The van der Waals surface area contributed by atoms with E-state index in [0.717, 1.165) is 12.1 Å². The van der Waals surface area contributed by atoms with Crippen molar-refractivity contribution in [1.29, 1.82) is 0 Å². The highest BCUT2D eigenvalue weighted by Gasteiger charge is 2.62. The van der Waals surface area contributed by atoms with Crippen molar-refractivity contribution >= 4 is 23.1 Å². The summed E-state index contributed by atoms with van der Waals surface area (Å²) >= 11 is 6.08. The number of fused-ring (bicyclic) bond motifs is 1. The molecule has 1 aliphatic heterocycles. The topological polar surface area (TPSA) is 113 Å². The van der Waals surface area contributed by atoms with Gasteiger partial charge >= 0.3 is 5.00 Å². The van der Waals surface area contributed by atoms with Gasteiger partial charge in [-0.15, -0.1) is 0 Å². The van der Waals surface area contributed by atoms with Gasteiger partial charge in [0.05, 0.1) is 15.4 Å². The summed E-state index contributed by atoms with van der Waals surface area (Å²) < 4.78 is 5.58. The molecule has 8 nitrogen and oxygen atoms in total. The quantitative estimate of drug-likeness (QED) is 0.364. The molecule has 0 fully saturated rings. The maximum Gasteiger partial charge on any atom is 0.397 e. The first-order valence-electron chi connectivity index (χ1n) is 6.74. The fraction of sp³-hybridized carbons (Fsp3) is 0.133. The number of rotatable bonds is 3. The van der Waals surface area contributed by atoms with Crippen molar-refractivity contribution < 1.29 is 19.4 Å². The van der Waals surface area contributed by atoms with Crippen LogP contribution in [-0.2, 0) is 0 Å². The van der Waals surface area contributed by atoms with Gasteiger partial charge in [-0.3, -0.25) is 25.0 Å². The van der Waals surface area contributed by atoms with E-state index in [-0.39, 0.29) is 17.0 Å². The average Bonchev–Trinajstić information content (AvgIpc) is 2.58. The SMILES string of the molecule is O=C1c2cc([N+](=O)[O-])ccc2O[C@H](c2ccccc2)[C@@]1(Cl)[N+](=O)[O-]. The van der Waals surface area contributed by atoms with Crippen molar-refractivity contribution in [2.75, 3.05) is 0 Å². The lowest BCUT2D eigenvalue weighted by atomic mass is 9.91. The minimum Gasteiger partial charge on any atom is -0.475 e. The molecule has 0 saturated heterocycles. The van der Waals surface area contributed by atoms with E-state index in [1.807, 2.05) is 0 Å². The lowest BCUT2D eigenvalue weighted by molar-refractivity contribution is -0.536. The van der Waals surface area contributed by atoms with Gasteiger partial charge < -0.3 is 4.74 Å². The van der Waals surface area contributed by atoms with Gasteiger partial charge in [0.1, 0.15) is 5.75 Å². The van der Waals surface area contributed by atoms with Crippen LogP contribution in [0.3, 0.4) is 0 Å². The molecule has 0 saturated carbocycles. The number of ketones is 1. The Hall–Kier alpha value is -3.00. The summed E-state index contributed by atoms with van der Waals surface area (Å²) in [6.07, 6.45) is -1.36. The van der Waals surface area contributed by atoms with Crippen LogP contribution in [0.5, 0.6) is 5.75 Å². The number of nitro groups is 2. The van der Waals surface area contributed by atoms with Gasteiger partial charge in [0.25, 0.3) is 11.5 Å². The Kier molecular flexibility index (Phi) is 3.69. The number of halogens is 1. The Morgan fingerprint density at radius 1 is 1.08 bits per heavy atom. The lowest BCUT2D eigenvalue weighted by Crippen LogP contribution is -2.51. The molecule has 0 aliphatic carbocycles. The molecule has 0 amide bonds. The number of alkyl halides is 1. The minimum absolute atomic E-state index is 0.0116. The average molecular weight is 349 g/mol. The first-order valence-corrected chi connectivity index (χ1v) is 7.11. The number of Topliss-reactive ketones (excluding diaryl/α,β-unsaturated/α-hetero) is 1. The number of nitrogens with zero attached hydrogens (tertiary/aromatic N) is 2. The molecule has 2 aromatic carbocycles. The van der Waals surface area contributed by atoms with E-state index in [0.29, 0.717) is 5.56 Å². The Bertz CT molecular complexity index is 856. The van der Waals surface area contributed by atoms with Crippen LogP contribution in [0, 0.1) is 20.2 Å². The monoisotopic (exact) mass is 348 g/mol. The zero-order chi connectivity index (χ0) is 17.5. The zero-order valence-electron chi connectivity index (χ0n) is 11.9. The third-order valence-electron chi connectivity index (χ3n) is 3.70. The third kappa shape index (κ3) is 2.28. The molecular formula is C15H9ClN2O6. The summed E-state index contributed by atoms with van der Waals surface area (Å²) in [6, 6.07) is 11.4. The van der Waals surface area contributed by atoms with E-state index in [1.54, 1.807) is 30.3 Å². The van der Waals surface area contributed by atoms with Gasteiger partial charge in [-0.1, -0.05) is 30.3 Å². The lowest BCUT2D eigenvalue weighted by Gasteiger charge is -2.32. The number of non-ortho nitro benzene ring substituents is 1. The van der Waals surface area contributed by atoms with Gasteiger partial charge in [0.2, 0.25) is 6.10 Å². The highest BCUT2D eigenvalue weighted by molar-refractivity contribution is 6.37. The summed E-state index contributed by atoms with van der Waals surface area (Å²) in [5.74, 6) is -1.04. The highest BCUT2D eigenvalue weighted by Crippen LogP contribution is 2.46. The Balaban J connectivity index is 2.19. The van der Waals surface area contributed by atoms with Gasteiger partial charge in [-0.25, -0.2) is 0 Å². The van der Waals surface area contributed by atoms with Crippen molar-refractivity contribution in [1.82, 2.24) is 0 Å². The Morgan fingerprint density at radius 3 is 2.33 bits per heavy atom. The van der Waals surface area contributed by atoms with Gasteiger partial charge in [0.15, 0.2) is 0 Å². The summed E-state index contributed by atoms with van der Waals surface area (Å²) in [6.45, 7) is 0. The summed E-state index contributed by atoms with van der Waals surface area (Å²) in [7, 11) is 0. The van der Waals surface area contributed by atoms with E-state index >= 15 is 0 Å². The first kappa shape index (κ1) is 15.9. The molecule has 3 rings (SSSR count). The molecule has 0 bridgehead atoms. The number of nitro benzene ring substituents is 1. The fourth-order valence-corrected chi connectivity index (χ4v) is 2.79. The van der Waals surface area contributed by atoms with Gasteiger partial charge in [-0.2, -0.15) is 0 Å². The second-order valence-electron chi connectivity index (χ2n) is 5.11. The van der Waals surface area contributed by atoms with Crippen LogP contribution in [-0.4, -0.2) is 20.6 Å². The van der Waals surface area contributed by atoms with E-state index in [4.69, 9.17) is 16.3 Å². The van der Waals surface area contributed by atoms with Crippen LogP contribution in [0.2, 0.25) is 0 Å². The van der Waals surface area contributed by atoms with Crippen molar-refractivity contribution in [3.8, 4) is 5.75 Å². The molecule has 1 heterocycles. The number of carbonyl (C=O) groups is 1. The molecule has 2 atom stereocenters. The second-order valence-corrected chi connectivity index (χ2v) is 5.68. The van der Waals surface area contributed by atoms with Crippen LogP contribution in [0.4, 0.5) is 5.69 Å². The van der Waals surface area contributed by atoms with Crippen LogP contribution in [0.15, 0.2) is 48.5 Å². The highest BCUT2D eigenvalue weighted by atomic mass is 35.5. The molecule has 24 heavy (non-hydrogen) atoms. The van der Waals surface area contributed by atoms with E-state index in [1.165, 1.54) is 6.07 Å². The number of hydrogen-bond donors (Lipinski definition) is 0. The molecule has 0 aromatic heterocycles. The zero-order valence-corrected chi connectivity index (χ0v) is 12.7. The van der Waals surface area contributed by atoms with E-state index in [9.17, 15) is 25.0 Å². The standard InChI is InChI=1S/C15H9ClN2O6/c16-15(18(22)23)13(19)11-8-10(17(20)21)6-7-12(11)24-14(15)9-4-2-1-3-5-9/h1-8,14H/t14-,15+/m1/s1. The molecule has 9 heteroatoms. The molecule has 2 aromatic rings. The van der Waals surface area contributed by atoms with Crippen LogP contribution in [0.25, 0.3) is 0 Å². The molecular weight excluding hydrogens is 340 g/mol. The molecule has 122 valence electrons. The predicted molar refractivity (Wildman–Crippen MR) is 82.8 cm³/mol. The normalized spacial score (nSPS) is 22.4. The maximum absolute atomic E-state index is 12.7. The fourth-order valence-electron chi connectivity index (χ4n) is 2.52. The second kappa shape index (κ2) is 5.57. The first-order chi connectivity index (χ1) is 11.4. The summed E-state index contributed by atoms with van der Waals surface area (Å²) in [4.78, 5) is 30.8. The predicted octanol–water partition coefficient (Wildman–Crippen LogP) is 3.12. The minimum atomic E-state index is -2.61. The van der Waals surface area contributed by atoms with Gasteiger partial charge in [-0.05, 0) is 17.7 Å². The van der Waals surface area contributed by atoms with E-state index < -0.39 is 26.7 Å². The van der Waals surface area contributed by atoms with Crippen LogP contribution in [0.1, 0.15) is 22.0 Å². The van der Waals surface area contributed by atoms with Crippen LogP contribution >= 0.6 is 11.6 Å². The number of carbonyl (C=O) groups excluding carboxylic acids is 1. The molecule has 1 aliphatic rings. The van der Waals surface area contributed by atoms with Crippen molar-refractivity contribution in [2.45, 2.75) is 11.1 Å². The summed E-state index contributed by atoms with van der Waals surface area (Å²) in [5, 5.41) is 22.4. The van der Waals surface area contributed by atoms with Crippen molar-refractivity contribution in [3.63, 3.8) is 0 Å². The third-order valence-corrected chi connectivity index (χ3v) is 4.21. The maximum atomic E-state index is 12.7. The van der Waals surface area contributed by atoms with E-state index in [2.05, 4.69) is 0 Å².